The first-order valence-corrected chi connectivity index (χ1v) is 10.6. The van der Waals surface area contributed by atoms with Crippen LogP contribution in [-0.2, 0) is 17.8 Å². The van der Waals surface area contributed by atoms with Gasteiger partial charge in [0.1, 0.15) is 5.75 Å². The van der Waals surface area contributed by atoms with Crippen molar-refractivity contribution in [2.24, 2.45) is 0 Å². The molecule has 0 aliphatic carbocycles. The predicted molar refractivity (Wildman–Crippen MR) is 118 cm³/mol. The van der Waals surface area contributed by atoms with Crippen LogP contribution in [0.2, 0.25) is 0 Å². The van der Waals surface area contributed by atoms with Crippen LogP contribution < -0.4 is 9.64 Å². The Morgan fingerprint density at radius 1 is 1.10 bits per heavy atom. The molecule has 0 N–H and O–H groups in total. The van der Waals surface area contributed by atoms with Crippen LogP contribution in [0.4, 0.5) is 5.69 Å². The molecule has 0 saturated carbocycles. The second-order valence-electron chi connectivity index (χ2n) is 8.43. The molecule has 2 aromatic carbocycles. The third-order valence-corrected chi connectivity index (χ3v) is 5.95. The lowest BCUT2D eigenvalue weighted by molar-refractivity contribution is 0.0356. The fraction of sp³-hybridized carbons (Fsp3) is 0.500. The number of anilines is 1. The van der Waals surface area contributed by atoms with E-state index >= 15 is 0 Å². The minimum atomic E-state index is 0.559. The highest BCUT2D eigenvalue weighted by atomic mass is 16.5. The Morgan fingerprint density at radius 2 is 1.90 bits per heavy atom. The second-order valence-corrected chi connectivity index (χ2v) is 8.43. The van der Waals surface area contributed by atoms with Gasteiger partial charge in [-0.15, -0.1) is 0 Å². The lowest BCUT2D eigenvalue weighted by Gasteiger charge is -2.29. The molecule has 1 unspecified atom stereocenters. The van der Waals surface area contributed by atoms with Gasteiger partial charge in [0.2, 0.25) is 0 Å². The highest BCUT2D eigenvalue weighted by Crippen LogP contribution is 2.38. The third-order valence-electron chi connectivity index (χ3n) is 5.95. The molecule has 5 nitrogen and oxygen atoms in total. The van der Waals surface area contributed by atoms with Gasteiger partial charge in [0.25, 0.3) is 0 Å². The van der Waals surface area contributed by atoms with Crippen molar-refractivity contribution in [3.8, 4) is 5.75 Å². The molecule has 2 aliphatic rings. The minimum Gasteiger partial charge on any atom is -0.496 e. The van der Waals surface area contributed by atoms with Crippen molar-refractivity contribution in [3.63, 3.8) is 0 Å². The molecule has 1 atom stereocenters. The molecular weight excluding hydrogens is 362 g/mol. The van der Waals surface area contributed by atoms with Crippen molar-refractivity contribution in [2.45, 2.75) is 19.0 Å². The van der Waals surface area contributed by atoms with E-state index in [1.165, 1.54) is 22.4 Å². The third kappa shape index (κ3) is 4.74. The van der Waals surface area contributed by atoms with Gasteiger partial charge in [0.05, 0.1) is 20.3 Å². The van der Waals surface area contributed by atoms with E-state index in [2.05, 4.69) is 71.3 Å². The first-order valence-electron chi connectivity index (χ1n) is 10.6. The molecule has 1 fully saturated rings. The summed E-state index contributed by atoms with van der Waals surface area (Å²) < 4.78 is 11.1. The molecule has 0 amide bonds. The van der Waals surface area contributed by atoms with Gasteiger partial charge in [0.15, 0.2) is 0 Å². The van der Waals surface area contributed by atoms with Gasteiger partial charge in [-0.3, -0.25) is 4.90 Å². The van der Waals surface area contributed by atoms with Crippen molar-refractivity contribution < 1.29 is 9.47 Å². The van der Waals surface area contributed by atoms with Crippen LogP contribution in [-0.4, -0.2) is 70.4 Å². The lowest BCUT2D eigenvalue weighted by atomic mass is 10.0. The summed E-state index contributed by atoms with van der Waals surface area (Å²) in [5.41, 5.74) is 5.45. The molecule has 0 aromatic heterocycles. The number of morpholine rings is 1. The number of para-hydroxylation sites is 1. The number of hydrogen-bond acceptors (Lipinski definition) is 5. The van der Waals surface area contributed by atoms with Crippen LogP contribution in [0.1, 0.15) is 22.6 Å². The first kappa shape index (κ1) is 20.2. The molecule has 2 aromatic rings. The number of nitrogens with zero attached hydrogens (tertiary/aromatic N) is 3. The van der Waals surface area contributed by atoms with Crippen LogP contribution in [0.5, 0.6) is 5.75 Å². The summed E-state index contributed by atoms with van der Waals surface area (Å²) in [5.74, 6) is 1.53. The summed E-state index contributed by atoms with van der Waals surface area (Å²) in [6.45, 7) is 7.82. The first-order chi connectivity index (χ1) is 14.1. The van der Waals surface area contributed by atoms with Crippen LogP contribution in [0, 0.1) is 0 Å². The molecule has 5 heteroatoms. The maximum absolute atomic E-state index is 5.57. The fourth-order valence-electron chi connectivity index (χ4n) is 4.60. The summed E-state index contributed by atoms with van der Waals surface area (Å²) in [6, 6.07) is 15.5. The average Bonchev–Trinajstić information content (AvgIpc) is 3.06. The maximum atomic E-state index is 5.57. The molecule has 29 heavy (non-hydrogen) atoms. The summed E-state index contributed by atoms with van der Waals surface area (Å²) in [5, 5.41) is 0. The average molecular weight is 396 g/mol. The fourth-order valence-corrected chi connectivity index (χ4v) is 4.60. The van der Waals surface area contributed by atoms with E-state index in [4.69, 9.17) is 9.47 Å². The Kier molecular flexibility index (Phi) is 6.38. The Balaban J connectivity index is 1.51. The van der Waals surface area contributed by atoms with Gasteiger partial charge in [-0.05, 0) is 43.4 Å². The smallest absolute Gasteiger partial charge is 0.123 e. The number of benzene rings is 2. The zero-order valence-corrected chi connectivity index (χ0v) is 17.9. The zero-order valence-electron chi connectivity index (χ0n) is 17.9. The summed E-state index contributed by atoms with van der Waals surface area (Å²) in [4.78, 5) is 7.28. The van der Waals surface area contributed by atoms with Crippen LogP contribution >= 0.6 is 0 Å². The van der Waals surface area contributed by atoms with Crippen molar-refractivity contribution in [1.82, 2.24) is 9.80 Å². The Bertz CT molecular complexity index is 818. The molecular formula is C24H33N3O2. The van der Waals surface area contributed by atoms with Gasteiger partial charge in [-0.1, -0.05) is 24.3 Å². The highest BCUT2D eigenvalue weighted by Gasteiger charge is 2.30. The Hall–Kier alpha value is -2.08. The van der Waals surface area contributed by atoms with Crippen molar-refractivity contribution in [1.29, 1.82) is 0 Å². The summed E-state index contributed by atoms with van der Waals surface area (Å²) in [7, 11) is 5.94. The van der Waals surface area contributed by atoms with Gasteiger partial charge in [0, 0.05) is 56.4 Å². The van der Waals surface area contributed by atoms with Crippen LogP contribution in [0.3, 0.4) is 0 Å². The molecule has 0 spiro atoms. The Morgan fingerprint density at radius 3 is 2.66 bits per heavy atom. The second kappa shape index (κ2) is 9.16. The standard InChI is InChI=1S/C24H33N3O2/c1-25(2)16-20-14-19(8-9-24(20)28-3)15-27-18-21(17-26-10-12-29-13-11-26)22-6-4-5-7-23(22)27/h4-9,14,21H,10-13,15-18H2,1-3H3. The van der Waals surface area contributed by atoms with Gasteiger partial charge >= 0.3 is 0 Å². The van der Waals surface area contributed by atoms with E-state index in [1.807, 2.05) is 0 Å². The van der Waals surface area contributed by atoms with E-state index < -0.39 is 0 Å². The van der Waals surface area contributed by atoms with Gasteiger partial charge in [-0.25, -0.2) is 0 Å². The highest BCUT2D eigenvalue weighted by molar-refractivity contribution is 5.60. The van der Waals surface area contributed by atoms with E-state index in [9.17, 15) is 0 Å². The number of rotatable bonds is 7. The van der Waals surface area contributed by atoms with Crippen LogP contribution in [0.15, 0.2) is 42.5 Å². The van der Waals surface area contributed by atoms with Crippen molar-refractivity contribution in [2.75, 3.05) is 65.5 Å². The van der Waals surface area contributed by atoms with Crippen molar-refractivity contribution in [3.05, 3.63) is 59.2 Å². The molecule has 2 aliphatic heterocycles. The van der Waals surface area contributed by atoms with Crippen molar-refractivity contribution >= 4 is 5.69 Å². The predicted octanol–water partition coefficient (Wildman–Crippen LogP) is 3.19. The van der Waals surface area contributed by atoms with E-state index in [0.29, 0.717) is 5.92 Å². The molecule has 4 rings (SSSR count). The number of ether oxygens (including phenoxy) is 2. The Labute approximate surface area is 174 Å². The molecule has 0 radical (unpaired) electrons. The number of fused-ring (bicyclic) bond motifs is 1. The SMILES string of the molecule is COc1ccc(CN2CC(CN3CCOCC3)c3ccccc32)cc1CN(C)C. The zero-order chi connectivity index (χ0) is 20.2. The van der Waals surface area contributed by atoms with E-state index in [0.717, 1.165) is 58.2 Å². The quantitative estimate of drug-likeness (QED) is 0.718. The number of methoxy groups -OCH3 is 1. The monoisotopic (exact) mass is 395 g/mol. The molecule has 1 saturated heterocycles. The minimum absolute atomic E-state index is 0.559. The lowest BCUT2D eigenvalue weighted by Crippen LogP contribution is -2.39. The van der Waals surface area contributed by atoms with Gasteiger partial charge < -0.3 is 19.3 Å². The maximum Gasteiger partial charge on any atom is 0.123 e. The summed E-state index contributed by atoms with van der Waals surface area (Å²) in [6.07, 6.45) is 0. The van der Waals surface area contributed by atoms with Gasteiger partial charge in [-0.2, -0.15) is 0 Å². The van der Waals surface area contributed by atoms with E-state index in [-0.39, 0.29) is 0 Å². The molecule has 2 heterocycles. The van der Waals surface area contributed by atoms with E-state index in [1.54, 1.807) is 7.11 Å². The normalized spacial score (nSPS) is 19.6. The molecule has 156 valence electrons. The summed E-state index contributed by atoms with van der Waals surface area (Å²) >= 11 is 0. The van der Waals surface area contributed by atoms with Crippen LogP contribution in [0.25, 0.3) is 0 Å². The molecule has 0 bridgehead atoms. The largest absolute Gasteiger partial charge is 0.496 e. The topological polar surface area (TPSA) is 28.2 Å². The number of hydrogen-bond donors (Lipinski definition) is 0.